The van der Waals surface area contributed by atoms with Crippen molar-refractivity contribution in [2.45, 2.75) is 11.9 Å². The molecule has 0 saturated carbocycles. The van der Waals surface area contributed by atoms with E-state index in [0.717, 1.165) is 0 Å². The second-order valence-corrected chi connectivity index (χ2v) is 2.06. The predicted molar refractivity (Wildman–Crippen MR) is 21.2 cm³/mol. The van der Waals surface area contributed by atoms with E-state index in [4.69, 9.17) is 0 Å². The Balaban J connectivity index is 3.83. The fraction of sp³-hybridized carbons (Fsp3) is 1.00. The summed E-state index contributed by atoms with van der Waals surface area (Å²) in [7, 11) is -3.62. The summed E-state index contributed by atoms with van der Waals surface area (Å²) >= 11 is 0. The van der Waals surface area contributed by atoms with Crippen molar-refractivity contribution in [2.75, 3.05) is 0 Å². The summed E-state index contributed by atoms with van der Waals surface area (Å²) in [5.74, 6) is 0. The highest BCUT2D eigenvalue weighted by molar-refractivity contribution is 7.73. The SMILES string of the molecule is O=[SH](=O)C(F)C(F)F. The molecule has 0 saturated heterocycles. The standard InChI is InChI=1S/C2H3F3O2S/c3-1(4)2(5)8(6)7/h1-2,8H. The fourth-order valence-corrected chi connectivity index (χ4v) is 0.276. The summed E-state index contributed by atoms with van der Waals surface area (Å²) in [4.78, 5) is 0. The molecule has 0 aromatic heterocycles. The van der Waals surface area contributed by atoms with Crippen molar-refractivity contribution >= 4 is 10.7 Å². The molecule has 0 fully saturated rings. The lowest BCUT2D eigenvalue weighted by Crippen LogP contribution is -2.12. The average Bonchev–Trinajstić information content (AvgIpc) is 1.64. The highest BCUT2D eigenvalue weighted by Crippen LogP contribution is 2.04. The van der Waals surface area contributed by atoms with Crippen molar-refractivity contribution in [2.24, 2.45) is 0 Å². The van der Waals surface area contributed by atoms with Gasteiger partial charge in [-0.05, 0) is 0 Å². The number of alkyl halides is 3. The van der Waals surface area contributed by atoms with E-state index in [-0.39, 0.29) is 0 Å². The molecular weight excluding hydrogens is 145 g/mol. The summed E-state index contributed by atoms with van der Waals surface area (Å²) in [6, 6.07) is 0. The lowest BCUT2D eigenvalue weighted by atomic mass is 10.8. The highest BCUT2D eigenvalue weighted by atomic mass is 32.2. The lowest BCUT2D eigenvalue weighted by Gasteiger charge is -1.93. The normalized spacial score (nSPS) is 15.1. The van der Waals surface area contributed by atoms with E-state index in [1.54, 1.807) is 0 Å². The lowest BCUT2D eigenvalue weighted by molar-refractivity contribution is 0.0919. The Morgan fingerprint density at radius 1 is 1.12 bits per heavy atom. The van der Waals surface area contributed by atoms with Gasteiger partial charge in [-0.3, -0.25) is 0 Å². The molecule has 0 bridgehead atoms. The molecule has 0 rings (SSSR count). The zero-order chi connectivity index (χ0) is 6.73. The van der Waals surface area contributed by atoms with Crippen LogP contribution in [0.2, 0.25) is 0 Å². The first-order valence-corrected chi connectivity index (χ1v) is 2.86. The van der Waals surface area contributed by atoms with E-state index in [0.29, 0.717) is 0 Å². The summed E-state index contributed by atoms with van der Waals surface area (Å²) in [6.45, 7) is 0. The van der Waals surface area contributed by atoms with Crippen LogP contribution in [0, 0.1) is 0 Å². The monoisotopic (exact) mass is 148 g/mol. The Hall–Kier alpha value is -0.260. The van der Waals surface area contributed by atoms with Gasteiger partial charge in [-0.1, -0.05) is 0 Å². The van der Waals surface area contributed by atoms with E-state index in [1.165, 1.54) is 0 Å². The number of hydrogen-bond donors (Lipinski definition) is 1. The van der Waals surface area contributed by atoms with Crippen molar-refractivity contribution < 1.29 is 21.6 Å². The summed E-state index contributed by atoms with van der Waals surface area (Å²) < 4.78 is 51.8. The zero-order valence-electron chi connectivity index (χ0n) is 3.55. The first-order chi connectivity index (χ1) is 3.55. The molecule has 0 aliphatic heterocycles. The van der Waals surface area contributed by atoms with Gasteiger partial charge in [0, 0.05) is 0 Å². The van der Waals surface area contributed by atoms with Crippen molar-refractivity contribution in [3.05, 3.63) is 0 Å². The Bertz CT molecular complexity index is 123. The molecule has 0 aromatic carbocycles. The van der Waals surface area contributed by atoms with Gasteiger partial charge in [-0.2, -0.15) is 0 Å². The summed E-state index contributed by atoms with van der Waals surface area (Å²) in [5, 5.41) is 0. The van der Waals surface area contributed by atoms with Crippen LogP contribution in [-0.2, 0) is 10.7 Å². The topological polar surface area (TPSA) is 34.1 Å². The molecule has 8 heavy (non-hydrogen) atoms. The van der Waals surface area contributed by atoms with Gasteiger partial charge in [0.15, 0.2) is 10.7 Å². The van der Waals surface area contributed by atoms with Crippen LogP contribution in [0.25, 0.3) is 0 Å². The van der Waals surface area contributed by atoms with Crippen LogP contribution in [0.15, 0.2) is 0 Å². The largest absolute Gasteiger partial charge is 0.283 e. The van der Waals surface area contributed by atoms with Crippen molar-refractivity contribution in [3.8, 4) is 0 Å². The third-order valence-corrected chi connectivity index (χ3v) is 1.04. The van der Waals surface area contributed by atoms with Crippen molar-refractivity contribution in [3.63, 3.8) is 0 Å². The zero-order valence-corrected chi connectivity index (χ0v) is 4.45. The minimum absolute atomic E-state index is 3.01. The van der Waals surface area contributed by atoms with Crippen LogP contribution in [0.4, 0.5) is 13.2 Å². The van der Waals surface area contributed by atoms with E-state index in [2.05, 4.69) is 0 Å². The molecule has 0 aliphatic rings. The van der Waals surface area contributed by atoms with Crippen molar-refractivity contribution in [1.29, 1.82) is 0 Å². The Kier molecular flexibility index (Phi) is 2.81. The number of hydrogen-bond acceptors (Lipinski definition) is 2. The van der Waals surface area contributed by atoms with Gasteiger partial charge in [0.1, 0.15) is 0 Å². The maximum atomic E-state index is 11.3. The van der Waals surface area contributed by atoms with E-state index in [9.17, 15) is 21.6 Å². The van der Waals surface area contributed by atoms with Gasteiger partial charge in [-0.25, -0.2) is 21.6 Å². The van der Waals surface area contributed by atoms with E-state index in [1.807, 2.05) is 0 Å². The molecule has 50 valence electrons. The molecule has 2 nitrogen and oxygen atoms in total. The number of rotatable bonds is 2. The molecule has 0 N–H and O–H groups in total. The van der Waals surface area contributed by atoms with Gasteiger partial charge >= 0.3 is 0 Å². The van der Waals surface area contributed by atoms with Gasteiger partial charge in [-0.15, -0.1) is 0 Å². The van der Waals surface area contributed by atoms with Crippen LogP contribution >= 0.6 is 0 Å². The smallest absolute Gasteiger partial charge is 0.229 e. The predicted octanol–water partition coefficient (Wildman–Crippen LogP) is 0.159. The molecule has 0 aliphatic carbocycles. The first-order valence-electron chi connectivity index (χ1n) is 1.61. The molecule has 1 unspecified atom stereocenters. The van der Waals surface area contributed by atoms with Crippen molar-refractivity contribution in [1.82, 2.24) is 0 Å². The minimum Gasteiger partial charge on any atom is -0.229 e. The van der Waals surface area contributed by atoms with Gasteiger partial charge in [0.25, 0.3) is 11.9 Å². The van der Waals surface area contributed by atoms with Gasteiger partial charge in [0.05, 0.1) is 0 Å². The second kappa shape index (κ2) is 2.91. The third kappa shape index (κ3) is 2.15. The number of halogens is 3. The summed E-state index contributed by atoms with van der Waals surface area (Å²) in [5.41, 5.74) is -3.01. The van der Waals surface area contributed by atoms with Gasteiger partial charge < -0.3 is 0 Å². The molecule has 1 atom stereocenters. The molecule has 0 radical (unpaired) electrons. The quantitative estimate of drug-likeness (QED) is 0.566. The molecule has 0 heterocycles. The Labute approximate surface area is 45.3 Å². The van der Waals surface area contributed by atoms with E-state index >= 15 is 0 Å². The molecule has 0 spiro atoms. The maximum Gasteiger partial charge on any atom is 0.283 e. The van der Waals surface area contributed by atoms with Crippen LogP contribution in [0.3, 0.4) is 0 Å². The number of thiol groups is 1. The molecular formula is C2H3F3O2S. The average molecular weight is 148 g/mol. The molecule has 6 heteroatoms. The Morgan fingerprint density at radius 3 is 1.50 bits per heavy atom. The van der Waals surface area contributed by atoms with Crippen LogP contribution in [0.5, 0.6) is 0 Å². The molecule has 0 amide bonds. The minimum atomic E-state index is -3.62. The summed E-state index contributed by atoms with van der Waals surface area (Å²) in [6.07, 6.45) is -3.42. The first kappa shape index (κ1) is 7.74. The fourth-order valence-electron chi connectivity index (χ4n) is 0.0920. The van der Waals surface area contributed by atoms with Gasteiger partial charge in [0.2, 0.25) is 0 Å². The maximum absolute atomic E-state index is 11.3. The van der Waals surface area contributed by atoms with Crippen LogP contribution in [0.1, 0.15) is 0 Å². The Morgan fingerprint density at radius 2 is 1.50 bits per heavy atom. The second-order valence-electron chi connectivity index (χ2n) is 0.992. The molecule has 0 aromatic rings. The van der Waals surface area contributed by atoms with E-state index < -0.39 is 22.6 Å². The van der Waals surface area contributed by atoms with Crippen LogP contribution < -0.4 is 0 Å². The van der Waals surface area contributed by atoms with Crippen LogP contribution in [-0.4, -0.2) is 20.3 Å². The highest BCUT2D eigenvalue weighted by Gasteiger charge is 2.21. The third-order valence-electron chi connectivity index (χ3n) is 0.409.